The zero-order valence-electron chi connectivity index (χ0n) is 20.1. The van der Waals surface area contributed by atoms with Crippen LogP contribution in [0.5, 0.6) is 11.8 Å². The number of halogens is 2. The molecular formula is C24H28F2N8O. The zero-order valence-corrected chi connectivity index (χ0v) is 20.1. The van der Waals surface area contributed by atoms with Gasteiger partial charge >= 0.3 is 6.01 Å². The van der Waals surface area contributed by atoms with Crippen molar-refractivity contribution in [1.29, 1.82) is 0 Å². The van der Waals surface area contributed by atoms with Crippen molar-refractivity contribution in [3.05, 3.63) is 47.3 Å². The first-order chi connectivity index (χ1) is 16.8. The fourth-order valence-electron chi connectivity index (χ4n) is 4.06. The largest absolute Gasteiger partial charge is 0.418 e. The molecule has 1 fully saturated rings. The molecule has 0 bridgehead atoms. The maximum Gasteiger partial charge on any atom is 0.326 e. The summed E-state index contributed by atoms with van der Waals surface area (Å²) in [5.41, 5.74) is 2.05. The molecule has 4 aromatic rings. The van der Waals surface area contributed by atoms with E-state index in [1.165, 1.54) is 6.07 Å². The summed E-state index contributed by atoms with van der Waals surface area (Å²) < 4.78 is 35.6. The van der Waals surface area contributed by atoms with E-state index in [2.05, 4.69) is 61.2 Å². The van der Waals surface area contributed by atoms with E-state index in [0.29, 0.717) is 23.0 Å². The Bertz CT molecular complexity index is 1360. The van der Waals surface area contributed by atoms with Crippen LogP contribution < -0.4 is 15.0 Å². The van der Waals surface area contributed by atoms with Gasteiger partial charge in [-0.15, -0.1) is 0 Å². The second kappa shape index (κ2) is 9.14. The molecule has 1 aliphatic heterocycles. The first-order valence-electron chi connectivity index (χ1n) is 11.6. The van der Waals surface area contributed by atoms with Gasteiger partial charge in [-0.1, -0.05) is 13.8 Å². The van der Waals surface area contributed by atoms with E-state index in [-0.39, 0.29) is 17.3 Å². The highest BCUT2D eigenvalue weighted by Gasteiger charge is 2.22. The highest BCUT2D eigenvalue weighted by molar-refractivity contribution is 5.83. The van der Waals surface area contributed by atoms with Crippen molar-refractivity contribution in [1.82, 2.24) is 30.0 Å². The summed E-state index contributed by atoms with van der Waals surface area (Å²) in [6.45, 7) is 9.14. The summed E-state index contributed by atoms with van der Waals surface area (Å²) in [4.78, 5) is 16.1. The van der Waals surface area contributed by atoms with Gasteiger partial charge in [0, 0.05) is 61.2 Å². The highest BCUT2D eigenvalue weighted by atomic mass is 19.1. The number of likely N-dealkylation sites (N-methyl/N-ethyl adjacent to an activating group) is 1. The van der Waals surface area contributed by atoms with E-state index in [1.807, 2.05) is 6.07 Å². The first-order valence-corrected chi connectivity index (χ1v) is 11.6. The molecule has 0 amide bonds. The predicted octanol–water partition coefficient (Wildman–Crippen LogP) is 4.68. The molecule has 11 heteroatoms. The van der Waals surface area contributed by atoms with Crippen molar-refractivity contribution in [2.24, 2.45) is 0 Å². The molecule has 5 rings (SSSR count). The van der Waals surface area contributed by atoms with Crippen LogP contribution in [0, 0.1) is 18.6 Å². The van der Waals surface area contributed by atoms with Gasteiger partial charge in [-0.3, -0.25) is 5.10 Å². The van der Waals surface area contributed by atoms with Crippen LogP contribution >= 0.6 is 0 Å². The maximum absolute atomic E-state index is 15.2. The molecular weight excluding hydrogens is 454 g/mol. The minimum atomic E-state index is -0.839. The number of rotatable bonds is 6. The van der Waals surface area contributed by atoms with E-state index >= 15 is 4.39 Å². The molecule has 1 aromatic carbocycles. The van der Waals surface area contributed by atoms with Crippen LogP contribution in [-0.2, 0) is 0 Å². The molecule has 0 aliphatic carbocycles. The van der Waals surface area contributed by atoms with Crippen LogP contribution in [-0.4, -0.2) is 63.3 Å². The third kappa shape index (κ3) is 4.76. The number of aromatic amines is 2. The molecule has 0 saturated carbocycles. The number of piperazine rings is 1. The fraction of sp³-hybridized carbons (Fsp3) is 0.375. The van der Waals surface area contributed by atoms with Crippen LogP contribution in [0.1, 0.15) is 31.2 Å². The molecule has 1 aliphatic rings. The summed E-state index contributed by atoms with van der Waals surface area (Å²) in [6.07, 6.45) is 0. The van der Waals surface area contributed by atoms with Crippen molar-refractivity contribution >= 4 is 28.4 Å². The standard InChI is InChI=1S/C24H28F2N8O/c1-13(2)17-11-20(32-31-17)28-19-12-21(34-7-5-33(4)6-8-34)30-24(29-19)35-23-16(25)10-18-15(22(23)26)9-14(3)27-18/h9-13,27H,5-8H2,1-4H3,(H2,28,29,30,31,32). The highest BCUT2D eigenvalue weighted by Crippen LogP contribution is 2.34. The van der Waals surface area contributed by atoms with Gasteiger partial charge in [-0.25, -0.2) is 8.78 Å². The summed E-state index contributed by atoms with van der Waals surface area (Å²) in [5.74, 6) is -0.324. The van der Waals surface area contributed by atoms with Gasteiger partial charge < -0.3 is 24.8 Å². The quantitative estimate of drug-likeness (QED) is 0.367. The normalized spacial score (nSPS) is 14.8. The Labute approximate surface area is 201 Å². The van der Waals surface area contributed by atoms with Gasteiger partial charge in [0.05, 0.1) is 5.52 Å². The van der Waals surface area contributed by atoms with E-state index in [1.54, 1.807) is 19.1 Å². The molecule has 3 N–H and O–H groups in total. The van der Waals surface area contributed by atoms with Gasteiger partial charge in [-0.05, 0) is 26.0 Å². The minimum Gasteiger partial charge on any atom is -0.418 e. The molecule has 0 spiro atoms. The van der Waals surface area contributed by atoms with E-state index < -0.39 is 17.4 Å². The molecule has 9 nitrogen and oxygen atoms in total. The van der Waals surface area contributed by atoms with Crippen molar-refractivity contribution in [2.45, 2.75) is 26.7 Å². The predicted molar refractivity (Wildman–Crippen MR) is 131 cm³/mol. The van der Waals surface area contributed by atoms with Gasteiger partial charge in [0.2, 0.25) is 5.75 Å². The number of hydrogen-bond acceptors (Lipinski definition) is 7. The molecule has 0 atom stereocenters. The van der Waals surface area contributed by atoms with Crippen LogP contribution in [0.15, 0.2) is 24.3 Å². The fourth-order valence-corrected chi connectivity index (χ4v) is 4.06. The Morgan fingerprint density at radius 1 is 1.03 bits per heavy atom. The Balaban J connectivity index is 1.51. The third-order valence-corrected chi connectivity index (χ3v) is 6.10. The van der Waals surface area contributed by atoms with Gasteiger partial charge in [0.25, 0.3) is 0 Å². The number of fused-ring (bicyclic) bond motifs is 1. The summed E-state index contributed by atoms with van der Waals surface area (Å²) in [7, 11) is 2.06. The van der Waals surface area contributed by atoms with Gasteiger partial charge in [0.1, 0.15) is 11.6 Å². The number of nitrogens with one attached hydrogen (secondary N) is 3. The maximum atomic E-state index is 15.2. The van der Waals surface area contributed by atoms with Crippen LogP contribution in [0.2, 0.25) is 0 Å². The number of benzene rings is 1. The van der Waals surface area contributed by atoms with E-state index in [0.717, 1.165) is 37.6 Å². The van der Waals surface area contributed by atoms with Crippen molar-refractivity contribution in [3.8, 4) is 11.8 Å². The molecule has 3 aromatic heterocycles. The molecule has 35 heavy (non-hydrogen) atoms. The Kier molecular flexibility index (Phi) is 6.01. The van der Waals surface area contributed by atoms with Crippen LogP contribution in [0.25, 0.3) is 10.9 Å². The number of aromatic nitrogens is 5. The van der Waals surface area contributed by atoms with Gasteiger partial charge in [-0.2, -0.15) is 15.1 Å². The Hall–Kier alpha value is -3.73. The lowest BCUT2D eigenvalue weighted by molar-refractivity contribution is 0.311. The van der Waals surface area contributed by atoms with Crippen LogP contribution in [0.3, 0.4) is 0 Å². The second-order valence-corrected chi connectivity index (χ2v) is 9.19. The van der Waals surface area contributed by atoms with Crippen molar-refractivity contribution in [2.75, 3.05) is 43.4 Å². The molecule has 0 unspecified atom stereocenters. The topological polar surface area (TPSA) is 98.0 Å². The lowest BCUT2D eigenvalue weighted by Crippen LogP contribution is -2.44. The van der Waals surface area contributed by atoms with E-state index in [4.69, 9.17) is 4.74 Å². The molecule has 184 valence electrons. The smallest absolute Gasteiger partial charge is 0.326 e. The minimum absolute atomic E-state index is 0.159. The lowest BCUT2D eigenvalue weighted by atomic mass is 10.1. The first kappa shape index (κ1) is 23.0. The van der Waals surface area contributed by atoms with E-state index in [9.17, 15) is 4.39 Å². The lowest BCUT2D eigenvalue weighted by Gasteiger charge is -2.33. The SMILES string of the molecule is Cc1cc2c(F)c(Oc3nc(Nc4cc(C(C)C)[nH]n4)cc(N4CCN(C)CC4)n3)c(F)cc2[nH]1. The molecule has 1 saturated heterocycles. The second-order valence-electron chi connectivity index (χ2n) is 9.19. The number of nitrogens with zero attached hydrogens (tertiary/aromatic N) is 5. The molecule has 4 heterocycles. The summed E-state index contributed by atoms with van der Waals surface area (Å²) in [5, 5.41) is 10.7. The number of ether oxygens (including phenoxy) is 1. The van der Waals surface area contributed by atoms with Crippen LogP contribution in [0.4, 0.5) is 26.2 Å². The number of anilines is 3. The molecule has 0 radical (unpaired) electrons. The monoisotopic (exact) mass is 482 g/mol. The number of hydrogen-bond donors (Lipinski definition) is 3. The zero-order chi connectivity index (χ0) is 24.7. The number of H-pyrrole nitrogens is 2. The third-order valence-electron chi connectivity index (χ3n) is 6.10. The Morgan fingerprint density at radius 2 is 1.80 bits per heavy atom. The summed E-state index contributed by atoms with van der Waals surface area (Å²) >= 11 is 0. The number of aryl methyl sites for hydroxylation is 1. The van der Waals surface area contributed by atoms with Crippen molar-refractivity contribution < 1.29 is 13.5 Å². The summed E-state index contributed by atoms with van der Waals surface area (Å²) in [6, 6.07) is 6.34. The Morgan fingerprint density at radius 3 is 2.51 bits per heavy atom. The average molecular weight is 483 g/mol. The van der Waals surface area contributed by atoms with Crippen molar-refractivity contribution in [3.63, 3.8) is 0 Å². The van der Waals surface area contributed by atoms with Gasteiger partial charge in [0.15, 0.2) is 17.5 Å². The average Bonchev–Trinajstić information content (AvgIpc) is 3.43.